The van der Waals surface area contributed by atoms with E-state index in [1.54, 1.807) is 0 Å². The number of hydrogen-bond donors (Lipinski definition) is 0. The van der Waals surface area contributed by atoms with Crippen LogP contribution in [0.25, 0.3) is 122 Å². The summed E-state index contributed by atoms with van der Waals surface area (Å²) in [6.45, 7) is 0. The maximum atomic E-state index is 6.53. The maximum Gasteiger partial charge on any atom is 0.164 e. The second-order valence-electron chi connectivity index (χ2n) is 14.3. The first-order valence-electron chi connectivity index (χ1n) is 18.9. The summed E-state index contributed by atoms with van der Waals surface area (Å²) in [7, 11) is 0. The summed E-state index contributed by atoms with van der Waals surface area (Å²) < 4.78 is 19.3. The van der Waals surface area contributed by atoms with E-state index in [2.05, 4.69) is 91.0 Å². The summed E-state index contributed by atoms with van der Waals surface area (Å²) in [6, 6.07) is 59.8. The number of rotatable bonds is 5. The molecule has 0 aliphatic rings. The number of benzene rings is 8. The van der Waals surface area contributed by atoms with E-state index in [-0.39, 0.29) is 0 Å². The van der Waals surface area contributed by atoms with E-state index in [0.717, 1.165) is 105 Å². The summed E-state index contributed by atoms with van der Waals surface area (Å²) in [5.74, 6) is 1.69. The lowest BCUT2D eigenvalue weighted by molar-refractivity contribution is 0.668. The average Bonchev–Trinajstić information content (AvgIpc) is 3.97. The quantitative estimate of drug-likeness (QED) is 0.175. The molecule has 0 amide bonds. The Hall–Kier alpha value is -7.83. The Kier molecular flexibility index (Phi) is 6.83. The Labute approximate surface area is 325 Å². The van der Waals surface area contributed by atoms with E-state index in [1.807, 2.05) is 84.9 Å². The number of fused-ring (bicyclic) bond motifs is 9. The van der Waals surface area contributed by atoms with E-state index in [0.29, 0.717) is 17.5 Å². The molecule has 0 aliphatic carbocycles. The van der Waals surface area contributed by atoms with Gasteiger partial charge in [0.25, 0.3) is 0 Å². The third-order valence-corrected chi connectivity index (χ3v) is 11.0. The van der Waals surface area contributed by atoms with Gasteiger partial charge in [0, 0.05) is 49.0 Å². The molecular weight excluding hydrogens is 703 g/mol. The number of nitrogens with zero attached hydrogens (tertiary/aromatic N) is 3. The van der Waals surface area contributed by atoms with Crippen LogP contribution in [0.15, 0.2) is 189 Å². The first-order valence-corrected chi connectivity index (χ1v) is 18.9. The molecule has 8 aromatic carbocycles. The molecule has 0 fully saturated rings. The van der Waals surface area contributed by atoms with Crippen LogP contribution in [0.3, 0.4) is 0 Å². The van der Waals surface area contributed by atoms with Gasteiger partial charge in [0.15, 0.2) is 17.5 Å². The van der Waals surface area contributed by atoms with E-state index < -0.39 is 0 Å². The van der Waals surface area contributed by atoms with Crippen molar-refractivity contribution in [1.29, 1.82) is 0 Å². The van der Waals surface area contributed by atoms with Gasteiger partial charge in [-0.3, -0.25) is 0 Å². The van der Waals surface area contributed by atoms with Crippen molar-refractivity contribution in [3.63, 3.8) is 0 Å². The molecule has 12 rings (SSSR count). The molecular formula is C51H29N3O3. The first kappa shape index (κ1) is 31.5. The van der Waals surface area contributed by atoms with Crippen LogP contribution in [0.5, 0.6) is 0 Å². The van der Waals surface area contributed by atoms with Gasteiger partial charge < -0.3 is 13.3 Å². The molecule has 57 heavy (non-hydrogen) atoms. The average molecular weight is 732 g/mol. The zero-order valence-electron chi connectivity index (χ0n) is 30.3. The number of hydrogen-bond acceptors (Lipinski definition) is 6. The highest BCUT2D eigenvalue weighted by Crippen LogP contribution is 2.44. The zero-order valence-corrected chi connectivity index (χ0v) is 30.3. The minimum absolute atomic E-state index is 0.553. The van der Waals surface area contributed by atoms with Gasteiger partial charge in [0.05, 0.1) is 0 Å². The molecule has 6 heteroatoms. The number of furan rings is 3. The van der Waals surface area contributed by atoms with Gasteiger partial charge in [-0.15, -0.1) is 0 Å². The fourth-order valence-electron chi connectivity index (χ4n) is 8.35. The van der Waals surface area contributed by atoms with E-state index >= 15 is 0 Å². The van der Waals surface area contributed by atoms with Crippen molar-refractivity contribution in [2.24, 2.45) is 0 Å². The summed E-state index contributed by atoms with van der Waals surface area (Å²) in [4.78, 5) is 15.3. The van der Waals surface area contributed by atoms with Gasteiger partial charge >= 0.3 is 0 Å². The lowest BCUT2D eigenvalue weighted by Crippen LogP contribution is -2.00. The summed E-state index contributed by atoms with van der Waals surface area (Å²) >= 11 is 0. The van der Waals surface area contributed by atoms with Gasteiger partial charge in [-0.25, -0.2) is 15.0 Å². The van der Waals surface area contributed by atoms with Crippen LogP contribution >= 0.6 is 0 Å². The summed E-state index contributed by atoms with van der Waals surface area (Å²) in [5, 5.41) is 6.21. The van der Waals surface area contributed by atoms with Crippen molar-refractivity contribution in [1.82, 2.24) is 15.0 Å². The van der Waals surface area contributed by atoms with E-state index in [4.69, 9.17) is 28.2 Å². The van der Waals surface area contributed by atoms with Gasteiger partial charge in [0.1, 0.15) is 33.5 Å². The Morgan fingerprint density at radius 1 is 0.263 bits per heavy atom. The van der Waals surface area contributed by atoms with Crippen molar-refractivity contribution >= 4 is 65.8 Å². The number of aromatic nitrogens is 3. The Balaban J connectivity index is 1.07. The second kappa shape index (κ2) is 12.3. The lowest BCUT2D eigenvalue weighted by atomic mass is 9.94. The fraction of sp³-hybridized carbons (Fsp3) is 0. The highest BCUT2D eigenvalue weighted by Gasteiger charge is 2.21. The predicted molar refractivity (Wildman–Crippen MR) is 229 cm³/mol. The van der Waals surface area contributed by atoms with E-state index in [1.165, 1.54) is 0 Å². The highest BCUT2D eigenvalue weighted by atomic mass is 16.3. The van der Waals surface area contributed by atoms with Crippen molar-refractivity contribution in [2.75, 3.05) is 0 Å². The van der Waals surface area contributed by atoms with Gasteiger partial charge in [-0.2, -0.15) is 0 Å². The minimum Gasteiger partial charge on any atom is -0.456 e. The summed E-state index contributed by atoms with van der Waals surface area (Å²) in [6.07, 6.45) is 0. The SMILES string of the molecule is c1ccc(-c2nc(-c3ccc4c(c3)oc3ccccc34)nc(-c3cccc4oc5ccc(-c6cccc7oc8cccc(-c9ccccc9)c8c67)cc5c34)n2)cc1. The second-order valence-corrected chi connectivity index (χ2v) is 14.3. The molecule has 0 bridgehead atoms. The molecule has 0 saturated heterocycles. The third kappa shape index (κ3) is 5.01. The Morgan fingerprint density at radius 3 is 1.53 bits per heavy atom. The molecule has 4 heterocycles. The largest absolute Gasteiger partial charge is 0.456 e. The topological polar surface area (TPSA) is 78.1 Å². The van der Waals surface area contributed by atoms with Crippen molar-refractivity contribution in [3.05, 3.63) is 176 Å². The van der Waals surface area contributed by atoms with Crippen LogP contribution in [-0.4, -0.2) is 15.0 Å². The number of para-hydroxylation sites is 1. The molecule has 0 N–H and O–H groups in total. The molecule has 6 nitrogen and oxygen atoms in total. The fourth-order valence-corrected chi connectivity index (χ4v) is 8.35. The molecule has 0 unspecified atom stereocenters. The Morgan fingerprint density at radius 2 is 0.772 bits per heavy atom. The van der Waals surface area contributed by atoms with Crippen molar-refractivity contribution in [2.45, 2.75) is 0 Å². The summed E-state index contributed by atoms with van der Waals surface area (Å²) in [5.41, 5.74) is 11.9. The van der Waals surface area contributed by atoms with Crippen LogP contribution in [0.4, 0.5) is 0 Å². The minimum atomic E-state index is 0.553. The molecule has 4 aromatic heterocycles. The van der Waals surface area contributed by atoms with Gasteiger partial charge in [0.2, 0.25) is 0 Å². The standard InChI is InChI=1S/C51H29N3O3/c1-3-12-30(13-4-1)34-17-9-22-43-47(34)48-35(18-10-23-44(48)57-43)32-25-27-41-39(28-32)46-38(19-11-21-42(46)55-41)51-53-49(31-14-5-2-6-15-31)52-50(54-51)33-24-26-37-36-16-7-8-20-40(36)56-45(37)29-33/h1-29H. The van der Waals surface area contributed by atoms with Crippen LogP contribution in [0.1, 0.15) is 0 Å². The van der Waals surface area contributed by atoms with E-state index in [9.17, 15) is 0 Å². The molecule has 0 aliphatic heterocycles. The molecule has 12 aromatic rings. The van der Waals surface area contributed by atoms with Gasteiger partial charge in [-0.05, 0) is 70.8 Å². The zero-order chi connectivity index (χ0) is 37.5. The van der Waals surface area contributed by atoms with Gasteiger partial charge in [-0.1, -0.05) is 127 Å². The normalized spacial score (nSPS) is 11.9. The molecule has 0 saturated carbocycles. The van der Waals surface area contributed by atoms with Crippen molar-refractivity contribution < 1.29 is 13.3 Å². The third-order valence-electron chi connectivity index (χ3n) is 11.0. The molecule has 0 atom stereocenters. The molecule has 266 valence electrons. The van der Waals surface area contributed by atoms with Crippen LogP contribution in [-0.2, 0) is 0 Å². The van der Waals surface area contributed by atoms with Crippen LogP contribution < -0.4 is 0 Å². The Bertz CT molecular complexity index is 3530. The lowest BCUT2D eigenvalue weighted by Gasteiger charge is -2.10. The van der Waals surface area contributed by atoms with Crippen LogP contribution in [0.2, 0.25) is 0 Å². The van der Waals surface area contributed by atoms with Crippen LogP contribution in [0, 0.1) is 0 Å². The van der Waals surface area contributed by atoms with Crippen molar-refractivity contribution in [3.8, 4) is 56.4 Å². The maximum absolute atomic E-state index is 6.53. The highest BCUT2D eigenvalue weighted by molar-refractivity contribution is 6.19. The monoisotopic (exact) mass is 731 g/mol. The first-order chi connectivity index (χ1) is 28.2. The smallest absolute Gasteiger partial charge is 0.164 e. The predicted octanol–water partition coefficient (Wildman–Crippen LogP) is 13.9. The molecule has 0 radical (unpaired) electrons. The molecule has 0 spiro atoms.